The molecule has 0 N–H and O–H groups in total. The Balaban J connectivity index is 1.67. The number of amides is 1. The lowest BCUT2D eigenvalue weighted by atomic mass is 10.1. The van der Waals surface area contributed by atoms with Gasteiger partial charge in [0.2, 0.25) is 0 Å². The van der Waals surface area contributed by atoms with Gasteiger partial charge in [-0.3, -0.25) is 9.48 Å². The van der Waals surface area contributed by atoms with Gasteiger partial charge < -0.3 is 9.80 Å². The number of hydrogen-bond acceptors (Lipinski definition) is 3. The predicted octanol–water partition coefficient (Wildman–Crippen LogP) is 2.00. The molecule has 5 nitrogen and oxygen atoms in total. The SMILES string of the molecule is Cc1cccc(N2CCN(C(=O)c3cn(C)nc3C)CC2)c1. The highest BCUT2D eigenvalue weighted by Crippen LogP contribution is 2.19. The normalized spacial score (nSPS) is 15.2. The van der Waals surface area contributed by atoms with Crippen LogP contribution < -0.4 is 4.90 Å². The monoisotopic (exact) mass is 298 g/mol. The van der Waals surface area contributed by atoms with Gasteiger partial charge in [0, 0.05) is 45.1 Å². The van der Waals surface area contributed by atoms with E-state index in [1.165, 1.54) is 11.3 Å². The number of benzene rings is 1. The van der Waals surface area contributed by atoms with Crippen molar-refractivity contribution in [2.75, 3.05) is 31.1 Å². The molecular weight excluding hydrogens is 276 g/mol. The zero-order chi connectivity index (χ0) is 15.7. The molecule has 0 atom stereocenters. The van der Waals surface area contributed by atoms with Crippen LogP contribution in [0, 0.1) is 13.8 Å². The standard InChI is InChI=1S/C17H22N4O/c1-13-5-4-6-15(11-13)20-7-9-21(10-8-20)17(22)16-12-19(3)18-14(16)2/h4-6,11-12H,7-10H2,1-3H3. The molecule has 1 fully saturated rings. The van der Waals surface area contributed by atoms with Crippen LogP contribution in [0.2, 0.25) is 0 Å². The summed E-state index contributed by atoms with van der Waals surface area (Å²) in [5, 5.41) is 4.26. The van der Waals surface area contributed by atoms with Gasteiger partial charge in [0.05, 0.1) is 11.3 Å². The third kappa shape index (κ3) is 2.84. The van der Waals surface area contributed by atoms with Gasteiger partial charge in [0.15, 0.2) is 0 Å². The van der Waals surface area contributed by atoms with Crippen LogP contribution >= 0.6 is 0 Å². The predicted molar refractivity (Wildman–Crippen MR) is 87.2 cm³/mol. The molecule has 1 aliphatic rings. The fraction of sp³-hybridized carbons (Fsp3) is 0.412. The molecule has 22 heavy (non-hydrogen) atoms. The fourth-order valence-corrected chi connectivity index (χ4v) is 2.97. The van der Waals surface area contributed by atoms with E-state index in [0.717, 1.165) is 31.9 Å². The minimum atomic E-state index is 0.0921. The first-order valence-electron chi connectivity index (χ1n) is 7.66. The van der Waals surface area contributed by atoms with Crippen LogP contribution in [0.1, 0.15) is 21.6 Å². The summed E-state index contributed by atoms with van der Waals surface area (Å²) >= 11 is 0. The molecule has 3 rings (SSSR count). The number of nitrogens with zero attached hydrogens (tertiary/aromatic N) is 4. The highest BCUT2D eigenvalue weighted by atomic mass is 16.2. The molecule has 0 radical (unpaired) electrons. The number of carbonyl (C=O) groups excluding carboxylic acids is 1. The molecule has 1 aromatic carbocycles. The Bertz CT molecular complexity index is 684. The molecule has 1 aromatic heterocycles. The van der Waals surface area contributed by atoms with Crippen molar-refractivity contribution < 1.29 is 4.79 Å². The maximum absolute atomic E-state index is 12.6. The van der Waals surface area contributed by atoms with Crippen LogP contribution in [0.4, 0.5) is 5.69 Å². The summed E-state index contributed by atoms with van der Waals surface area (Å²) in [6.07, 6.45) is 1.81. The third-order valence-corrected chi connectivity index (χ3v) is 4.18. The Morgan fingerprint density at radius 3 is 2.45 bits per heavy atom. The van der Waals surface area contributed by atoms with E-state index in [2.05, 4.69) is 41.2 Å². The van der Waals surface area contributed by atoms with E-state index in [1.54, 1.807) is 4.68 Å². The second-order valence-electron chi connectivity index (χ2n) is 5.92. The zero-order valence-corrected chi connectivity index (χ0v) is 13.4. The molecule has 0 unspecified atom stereocenters. The maximum Gasteiger partial charge on any atom is 0.257 e. The molecule has 116 valence electrons. The van der Waals surface area contributed by atoms with Crippen molar-refractivity contribution in [3.8, 4) is 0 Å². The van der Waals surface area contributed by atoms with Crippen molar-refractivity contribution in [3.05, 3.63) is 47.3 Å². The minimum absolute atomic E-state index is 0.0921. The van der Waals surface area contributed by atoms with Crippen molar-refractivity contribution in [1.29, 1.82) is 0 Å². The summed E-state index contributed by atoms with van der Waals surface area (Å²) in [5.74, 6) is 0.0921. The minimum Gasteiger partial charge on any atom is -0.368 e. The van der Waals surface area contributed by atoms with Crippen LogP contribution in [-0.4, -0.2) is 46.8 Å². The van der Waals surface area contributed by atoms with E-state index >= 15 is 0 Å². The highest BCUT2D eigenvalue weighted by Gasteiger charge is 2.24. The largest absolute Gasteiger partial charge is 0.368 e. The molecule has 2 heterocycles. The molecule has 0 saturated carbocycles. The summed E-state index contributed by atoms with van der Waals surface area (Å²) < 4.78 is 1.70. The Morgan fingerprint density at radius 2 is 1.86 bits per heavy atom. The second kappa shape index (κ2) is 5.83. The molecular formula is C17H22N4O. The highest BCUT2D eigenvalue weighted by molar-refractivity contribution is 5.95. The first kappa shape index (κ1) is 14.6. The van der Waals surface area contributed by atoms with Crippen LogP contribution in [0.25, 0.3) is 0 Å². The van der Waals surface area contributed by atoms with E-state index in [4.69, 9.17) is 0 Å². The Labute approximate surface area is 131 Å². The number of hydrogen-bond donors (Lipinski definition) is 0. The zero-order valence-electron chi connectivity index (χ0n) is 13.4. The lowest BCUT2D eigenvalue weighted by Gasteiger charge is -2.36. The van der Waals surface area contributed by atoms with Crippen molar-refractivity contribution >= 4 is 11.6 Å². The molecule has 0 bridgehead atoms. The van der Waals surface area contributed by atoms with Gasteiger partial charge in [0.25, 0.3) is 5.91 Å². The average molecular weight is 298 g/mol. The lowest BCUT2D eigenvalue weighted by molar-refractivity contribution is 0.0746. The summed E-state index contributed by atoms with van der Waals surface area (Å²) in [5.41, 5.74) is 4.02. The van der Waals surface area contributed by atoms with Gasteiger partial charge >= 0.3 is 0 Å². The molecule has 1 aliphatic heterocycles. The fourth-order valence-electron chi connectivity index (χ4n) is 2.97. The van der Waals surface area contributed by atoms with E-state index < -0.39 is 0 Å². The van der Waals surface area contributed by atoms with E-state index in [1.807, 2.05) is 25.1 Å². The molecule has 1 amide bonds. The van der Waals surface area contributed by atoms with Gasteiger partial charge in [-0.05, 0) is 31.5 Å². The maximum atomic E-state index is 12.6. The van der Waals surface area contributed by atoms with Gasteiger partial charge in [0.1, 0.15) is 0 Å². The first-order valence-corrected chi connectivity index (χ1v) is 7.66. The van der Waals surface area contributed by atoms with Gasteiger partial charge in [-0.1, -0.05) is 12.1 Å². The van der Waals surface area contributed by atoms with Crippen LogP contribution in [0.3, 0.4) is 0 Å². The molecule has 2 aromatic rings. The smallest absolute Gasteiger partial charge is 0.257 e. The lowest BCUT2D eigenvalue weighted by Crippen LogP contribution is -2.48. The summed E-state index contributed by atoms with van der Waals surface area (Å²) in [4.78, 5) is 16.9. The van der Waals surface area contributed by atoms with Crippen LogP contribution in [0.5, 0.6) is 0 Å². The molecule has 0 spiro atoms. The van der Waals surface area contributed by atoms with E-state index in [9.17, 15) is 4.79 Å². The van der Waals surface area contributed by atoms with Gasteiger partial charge in [-0.15, -0.1) is 0 Å². The van der Waals surface area contributed by atoms with Crippen molar-refractivity contribution in [2.24, 2.45) is 7.05 Å². The van der Waals surface area contributed by atoms with Crippen LogP contribution in [0.15, 0.2) is 30.5 Å². The van der Waals surface area contributed by atoms with Crippen molar-refractivity contribution in [1.82, 2.24) is 14.7 Å². The van der Waals surface area contributed by atoms with Gasteiger partial charge in [-0.2, -0.15) is 5.10 Å². The van der Waals surface area contributed by atoms with Crippen molar-refractivity contribution in [3.63, 3.8) is 0 Å². The molecule has 5 heteroatoms. The number of aromatic nitrogens is 2. The van der Waals surface area contributed by atoms with Crippen LogP contribution in [-0.2, 0) is 7.05 Å². The molecule has 1 saturated heterocycles. The van der Waals surface area contributed by atoms with Gasteiger partial charge in [-0.25, -0.2) is 0 Å². The summed E-state index contributed by atoms with van der Waals surface area (Å²) in [7, 11) is 1.85. The Kier molecular flexibility index (Phi) is 3.88. The average Bonchev–Trinajstić information content (AvgIpc) is 2.85. The number of carbonyl (C=O) groups is 1. The summed E-state index contributed by atoms with van der Waals surface area (Å²) in [6.45, 7) is 7.23. The third-order valence-electron chi connectivity index (χ3n) is 4.18. The van der Waals surface area contributed by atoms with E-state index in [-0.39, 0.29) is 5.91 Å². The Morgan fingerprint density at radius 1 is 1.14 bits per heavy atom. The summed E-state index contributed by atoms with van der Waals surface area (Å²) in [6, 6.07) is 8.52. The number of anilines is 1. The first-order chi connectivity index (χ1) is 10.5. The number of aryl methyl sites for hydroxylation is 3. The van der Waals surface area contributed by atoms with Crippen molar-refractivity contribution in [2.45, 2.75) is 13.8 Å². The van der Waals surface area contributed by atoms with E-state index in [0.29, 0.717) is 5.56 Å². The number of piperazine rings is 1. The number of rotatable bonds is 2. The topological polar surface area (TPSA) is 41.4 Å². The Hall–Kier alpha value is -2.30. The second-order valence-corrected chi connectivity index (χ2v) is 5.92. The quantitative estimate of drug-likeness (QED) is 0.851. The molecule has 0 aliphatic carbocycles.